The molecule has 0 saturated carbocycles. The largest absolute Gasteiger partial charge is 0.312 e. The standard InChI is InChI=1S/C10H14N4O2S3/c1-3-11-5-8-4-9(7(2)18-8)19(15,16)14-10-13-12-6-17-10/h4,6,11H,3,5H2,1-2H3,(H,13,14). The first-order chi connectivity index (χ1) is 9.03. The second-order valence-electron chi connectivity index (χ2n) is 3.76. The van der Waals surface area contributed by atoms with Crippen LogP contribution in [-0.4, -0.2) is 25.2 Å². The van der Waals surface area contributed by atoms with Crippen molar-refractivity contribution in [3.63, 3.8) is 0 Å². The van der Waals surface area contributed by atoms with E-state index in [1.54, 1.807) is 13.0 Å². The van der Waals surface area contributed by atoms with E-state index in [9.17, 15) is 8.42 Å². The number of aryl methyl sites for hydroxylation is 1. The Labute approximate surface area is 119 Å². The van der Waals surface area contributed by atoms with E-state index >= 15 is 0 Å². The molecule has 0 aliphatic carbocycles. The fourth-order valence-electron chi connectivity index (χ4n) is 1.51. The number of hydrogen-bond acceptors (Lipinski definition) is 7. The van der Waals surface area contributed by atoms with Crippen LogP contribution in [0.1, 0.15) is 16.7 Å². The van der Waals surface area contributed by atoms with Crippen LogP contribution in [0.15, 0.2) is 16.5 Å². The molecule has 2 rings (SSSR count). The van der Waals surface area contributed by atoms with Crippen LogP contribution in [0, 0.1) is 6.92 Å². The third kappa shape index (κ3) is 3.50. The van der Waals surface area contributed by atoms with Crippen LogP contribution >= 0.6 is 22.7 Å². The molecule has 0 spiro atoms. The summed E-state index contributed by atoms with van der Waals surface area (Å²) in [5.41, 5.74) is 1.48. The predicted octanol–water partition coefficient (Wildman–Crippen LogP) is 1.82. The molecule has 0 saturated heterocycles. The number of nitrogens with one attached hydrogen (secondary N) is 2. The number of rotatable bonds is 6. The van der Waals surface area contributed by atoms with E-state index in [0.717, 1.165) is 27.6 Å². The summed E-state index contributed by atoms with van der Waals surface area (Å²) >= 11 is 2.63. The van der Waals surface area contributed by atoms with E-state index < -0.39 is 10.0 Å². The maximum Gasteiger partial charge on any atom is 0.264 e. The van der Waals surface area contributed by atoms with Gasteiger partial charge in [-0.3, -0.25) is 4.72 Å². The summed E-state index contributed by atoms with van der Waals surface area (Å²) in [4.78, 5) is 2.07. The lowest BCUT2D eigenvalue weighted by Crippen LogP contribution is -2.13. The monoisotopic (exact) mass is 318 g/mol. The molecule has 0 atom stereocenters. The molecule has 104 valence electrons. The van der Waals surface area contributed by atoms with Crippen LogP contribution in [0.2, 0.25) is 0 Å². The Bertz CT molecular complexity index is 634. The number of anilines is 1. The smallest absolute Gasteiger partial charge is 0.264 e. The summed E-state index contributed by atoms with van der Waals surface area (Å²) in [6.45, 7) is 5.34. The summed E-state index contributed by atoms with van der Waals surface area (Å²) in [7, 11) is -3.58. The first kappa shape index (κ1) is 14.4. The zero-order chi connectivity index (χ0) is 13.9. The minimum Gasteiger partial charge on any atom is -0.312 e. The van der Waals surface area contributed by atoms with E-state index in [1.807, 2.05) is 6.92 Å². The van der Waals surface area contributed by atoms with Crippen LogP contribution in [0.4, 0.5) is 5.13 Å². The van der Waals surface area contributed by atoms with Crippen LogP contribution in [0.5, 0.6) is 0 Å². The van der Waals surface area contributed by atoms with Crippen molar-refractivity contribution in [1.82, 2.24) is 15.5 Å². The molecule has 0 bridgehead atoms. The third-order valence-corrected chi connectivity index (χ3v) is 5.72. The average molecular weight is 318 g/mol. The molecule has 0 aromatic carbocycles. The molecular weight excluding hydrogens is 304 g/mol. The normalized spacial score (nSPS) is 11.7. The van der Waals surface area contributed by atoms with Gasteiger partial charge >= 0.3 is 0 Å². The molecular formula is C10H14N4O2S3. The van der Waals surface area contributed by atoms with Crippen molar-refractivity contribution < 1.29 is 8.42 Å². The second kappa shape index (κ2) is 5.95. The van der Waals surface area contributed by atoms with Crippen LogP contribution in [-0.2, 0) is 16.6 Å². The highest BCUT2D eigenvalue weighted by Crippen LogP contribution is 2.27. The average Bonchev–Trinajstić information content (AvgIpc) is 2.95. The van der Waals surface area contributed by atoms with Gasteiger partial charge in [0, 0.05) is 16.3 Å². The Morgan fingerprint density at radius 2 is 2.21 bits per heavy atom. The van der Waals surface area contributed by atoms with Crippen molar-refractivity contribution in [3.05, 3.63) is 21.3 Å². The van der Waals surface area contributed by atoms with Crippen molar-refractivity contribution in [3.8, 4) is 0 Å². The Kier molecular flexibility index (Phi) is 4.50. The topological polar surface area (TPSA) is 84.0 Å². The maximum atomic E-state index is 12.2. The zero-order valence-corrected chi connectivity index (χ0v) is 13.0. The van der Waals surface area contributed by atoms with Crippen LogP contribution < -0.4 is 10.0 Å². The summed E-state index contributed by atoms with van der Waals surface area (Å²) in [6, 6.07) is 1.70. The Morgan fingerprint density at radius 3 is 2.84 bits per heavy atom. The van der Waals surface area contributed by atoms with Gasteiger partial charge in [-0.15, -0.1) is 21.5 Å². The van der Waals surface area contributed by atoms with Gasteiger partial charge in [-0.25, -0.2) is 8.42 Å². The molecule has 0 amide bonds. The van der Waals surface area contributed by atoms with Crippen molar-refractivity contribution in [2.75, 3.05) is 11.3 Å². The molecule has 0 fully saturated rings. The minimum absolute atomic E-state index is 0.277. The third-order valence-electron chi connectivity index (χ3n) is 2.34. The summed E-state index contributed by atoms with van der Waals surface area (Å²) < 4.78 is 26.9. The number of aromatic nitrogens is 2. The first-order valence-corrected chi connectivity index (χ1v) is 8.80. The minimum atomic E-state index is -3.58. The van der Waals surface area contributed by atoms with E-state index in [0.29, 0.717) is 11.4 Å². The number of sulfonamides is 1. The molecule has 2 heterocycles. The van der Waals surface area contributed by atoms with E-state index in [4.69, 9.17) is 0 Å². The molecule has 0 unspecified atom stereocenters. The first-order valence-electron chi connectivity index (χ1n) is 5.62. The van der Waals surface area contributed by atoms with Gasteiger partial charge in [0.1, 0.15) is 10.4 Å². The SMILES string of the molecule is CCNCc1cc(S(=O)(=O)Nc2nncs2)c(C)s1. The van der Waals surface area contributed by atoms with Gasteiger partial charge in [0.15, 0.2) is 0 Å². The molecule has 2 aromatic heterocycles. The molecule has 6 nitrogen and oxygen atoms in total. The molecule has 0 aliphatic rings. The molecule has 2 N–H and O–H groups in total. The highest BCUT2D eigenvalue weighted by Gasteiger charge is 2.21. The van der Waals surface area contributed by atoms with Gasteiger partial charge in [0.2, 0.25) is 5.13 Å². The Hall–Kier alpha value is -1.03. The van der Waals surface area contributed by atoms with Crippen molar-refractivity contribution in [2.24, 2.45) is 0 Å². The quantitative estimate of drug-likeness (QED) is 0.849. The van der Waals surface area contributed by atoms with Gasteiger partial charge in [0.05, 0.1) is 0 Å². The highest BCUT2D eigenvalue weighted by molar-refractivity contribution is 7.93. The summed E-state index contributed by atoms with van der Waals surface area (Å²) in [5, 5.41) is 10.7. The Morgan fingerprint density at radius 1 is 1.42 bits per heavy atom. The lowest BCUT2D eigenvalue weighted by Gasteiger charge is -2.03. The van der Waals surface area contributed by atoms with Crippen molar-refractivity contribution >= 4 is 37.8 Å². The van der Waals surface area contributed by atoms with Crippen molar-refractivity contribution in [1.29, 1.82) is 0 Å². The maximum absolute atomic E-state index is 12.2. The van der Waals surface area contributed by atoms with Crippen LogP contribution in [0.3, 0.4) is 0 Å². The zero-order valence-electron chi connectivity index (χ0n) is 10.5. The lowest BCUT2D eigenvalue weighted by atomic mass is 10.4. The summed E-state index contributed by atoms with van der Waals surface area (Å²) in [6.07, 6.45) is 0. The highest BCUT2D eigenvalue weighted by atomic mass is 32.2. The van der Waals surface area contributed by atoms with Gasteiger partial charge in [-0.1, -0.05) is 18.3 Å². The van der Waals surface area contributed by atoms with E-state index in [1.165, 1.54) is 16.8 Å². The molecule has 0 aliphatic heterocycles. The van der Waals surface area contributed by atoms with E-state index in [2.05, 4.69) is 20.2 Å². The lowest BCUT2D eigenvalue weighted by molar-refractivity contribution is 0.601. The van der Waals surface area contributed by atoms with Gasteiger partial charge in [-0.05, 0) is 19.5 Å². The van der Waals surface area contributed by atoms with Gasteiger partial charge in [0.25, 0.3) is 10.0 Å². The number of thiophene rings is 1. The number of nitrogens with zero attached hydrogens (tertiary/aromatic N) is 2. The predicted molar refractivity (Wildman–Crippen MR) is 77.2 cm³/mol. The molecule has 19 heavy (non-hydrogen) atoms. The van der Waals surface area contributed by atoms with Gasteiger partial charge < -0.3 is 5.32 Å². The van der Waals surface area contributed by atoms with Gasteiger partial charge in [-0.2, -0.15) is 0 Å². The fraction of sp³-hybridized carbons (Fsp3) is 0.400. The summed E-state index contributed by atoms with van der Waals surface area (Å²) in [5.74, 6) is 0. The van der Waals surface area contributed by atoms with E-state index in [-0.39, 0.29) is 5.13 Å². The fourth-order valence-corrected chi connectivity index (χ4v) is 4.81. The van der Waals surface area contributed by atoms with Crippen molar-refractivity contribution in [2.45, 2.75) is 25.3 Å². The second-order valence-corrected chi connectivity index (χ2v) is 7.59. The molecule has 9 heteroatoms. The number of hydrogen-bond donors (Lipinski definition) is 2. The molecule has 2 aromatic rings. The Balaban J connectivity index is 2.22. The molecule has 0 radical (unpaired) electrons. The van der Waals surface area contributed by atoms with Crippen LogP contribution in [0.25, 0.3) is 0 Å².